The molecule has 5 heteroatoms. The summed E-state index contributed by atoms with van der Waals surface area (Å²) in [6, 6.07) is -0.0291. The Hall–Kier alpha value is -1.07. The largest absolute Gasteiger partial charge is 0.322 e. The summed E-state index contributed by atoms with van der Waals surface area (Å²) in [6.45, 7) is 3.89. The van der Waals surface area contributed by atoms with Crippen molar-refractivity contribution in [1.29, 1.82) is 0 Å². The average molecular weight is 194 g/mol. The predicted octanol–water partition coefficient (Wildman–Crippen LogP) is 1.41. The van der Waals surface area contributed by atoms with E-state index in [-0.39, 0.29) is 6.04 Å². The molecule has 2 aromatic rings. The van der Waals surface area contributed by atoms with Crippen LogP contribution in [0.1, 0.15) is 23.5 Å². The minimum Gasteiger partial charge on any atom is -0.322 e. The summed E-state index contributed by atoms with van der Waals surface area (Å²) < 4.78 is 0. The summed E-state index contributed by atoms with van der Waals surface area (Å²) in [4.78, 5) is 5.27. The minimum atomic E-state index is -0.0291. The summed E-state index contributed by atoms with van der Waals surface area (Å²) in [7, 11) is 0. The van der Waals surface area contributed by atoms with Crippen molar-refractivity contribution in [1.82, 2.24) is 15.2 Å². The lowest BCUT2D eigenvalue weighted by atomic mass is 10.3. The zero-order valence-corrected chi connectivity index (χ0v) is 8.30. The fourth-order valence-electron chi connectivity index (χ4n) is 1.08. The van der Waals surface area contributed by atoms with Crippen molar-refractivity contribution in [2.24, 2.45) is 5.73 Å². The van der Waals surface area contributed by atoms with E-state index in [1.807, 2.05) is 13.8 Å². The first kappa shape index (κ1) is 8.52. The second-order valence-corrected chi connectivity index (χ2v) is 4.03. The molecule has 0 aliphatic rings. The Kier molecular flexibility index (Phi) is 1.97. The van der Waals surface area contributed by atoms with Crippen molar-refractivity contribution in [3.05, 3.63) is 16.8 Å². The highest BCUT2D eigenvalue weighted by atomic mass is 32.1. The topological polar surface area (TPSA) is 64.7 Å². The third kappa shape index (κ3) is 1.40. The Labute approximate surface area is 79.8 Å². The Balaban J connectivity index is 2.68. The van der Waals surface area contributed by atoms with Gasteiger partial charge in [-0.25, -0.2) is 4.98 Å². The molecule has 2 aromatic heterocycles. The molecule has 0 bridgehead atoms. The molecule has 1 atom stereocenters. The third-order valence-corrected chi connectivity index (χ3v) is 2.93. The average Bonchev–Trinajstić information content (AvgIpc) is 2.49. The van der Waals surface area contributed by atoms with Gasteiger partial charge in [0.05, 0.1) is 12.2 Å². The number of thiazole rings is 1. The normalized spacial score (nSPS) is 13.5. The molecule has 0 spiro atoms. The summed E-state index contributed by atoms with van der Waals surface area (Å²) >= 11 is 1.51. The van der Waals surface area contributed by atoms with E-state index < -0.39 is 0 Å². The van der Waals surface area contributed by atoms with Gasteiger partial charge in [0.1, 0.15) is 10.5 Å². The minimum absolute atomic E-state index is 0.0291. The van der Waals surface area contributed by atoms with Gasteiger partial charge in [0.25, 0.3) is 0 Å². The van der Waals surface area contributed by atoms with Crippen LogP contribution < -0.4 is 5.73 Å². The highest BCUT2D eigenvalue weighted by Crippen LogP contribution is 2.24. The van der Waals surface area contributed by atoms with Crippen LogP contribution in [0.2, 0.25) is 0 Å². The molecular formula is C8H10N4S. The van der Waals surface area contributed by atoms with Gasteiger partial charge in [-0.15, -0.1) is 5.10 Å². The first-order chi connectivity index (χ1) is 6.18. The lowest BCUT2D eigenvalue weighted by molar-refractivity contribution is 0.810. The number of nitrogens with two attached hydrogens (primary N) is 1. The van der Waals surface area contributed by atoms with Gasteiger partial charge in [-0.2, -0.15) is 5.10 Å². The molecular weight excluding hydrogens is 184 g/mol. The lowest BCUT2D eigenvalue weighted by Gasteiger charge is -1.95. The van der Waals surface area contributed by atoms with Crippen LogP contribution in [0.25, 0.3) is 10.3 Å². The van der Waals surface area contributed by atoms with Crippen molar-refractivity contribution in [3.63, 3.8) is 0 Å². The van der Waals surface area contributed by atoms with Crippen molar-refractivity contribution in [2.45, 2.75) is 19.9 Å². The molecule has 0 aromatic carbocycles. The van der Waals surface area contributed by atoms with E-state index in [2.05, 4.69) is 15.2 Å². The molecule has 0 saturated heterocycles. The second-order valence-electron chi connectivity index (χ2n) is 3.02. The van der Waals surface area contributed by atoms with E-state index in [9.17, 15) is 0 Å². The smallest absolute Gasteiger partial charge is 0.166 e. The van der Waals surface area contributed by atoms with Crippen LogP contribution in [-0.2, 0) is 0 Å². The second kappa shape index (κ2) is 3.01. The number of fused-ring (bicyclic) bond motifs is 1. The van der Waals surface area contributed by atoms with Crippen LogP contribution >= 0.6 is 11.3 Å². The number of aromatic nitrogens is 3. The Morgan fingerprint density at radius 1 is 1.54 bits per heavy atom. The van der Waals surface area contributed by atoms with E-state index in [0.29, 0.717) is 0 Å². The molecule has 4 nitrogen and oxygen atoms in total. The maximum atomic E-state index is 5.73. The summed E-state index contributed by atoms with van der Waals surface area (Å²) in [5.74, 6) is 0. The number of hydrogen-bond donors (Lipinski definition) is 1. The van der Waals surface area contributed by atoms with Gasteiger partial charge in [0.2, 0.25) is 0 Å². The van der Waals surface area contributed by atoms with E-state index in [1.165, 1.54) is 11.3 Å². The number of nitrogens with zero attached hydrogens (tertiary/aromatic N) is 3. The van der Waals surface area contributed by atoms with E-state index in [4.69, 9.17) is 5.73 Å². The lowest BCUT2D eigenvalue weighted by Crippen LogP contribution is -2.03. The molecule has 2 heterocycles. The monoisotopic (exact) mass is 194 g/mol. The Morgan fingerprint density at radius 3 is 2.92 bits per heavy atom. The maximum absolute atomic E-state index is 5.73. The van der Waals surface area contributed by atoms with E-state index in [0.717, 1.165) is 20.9 Å². The van der Waals surface area contributed by atoms with Crippen molar-refractivity contribution in [3.8, 4) is 0 Å². The molecule has 13 heavy (non-hydrogen) atoms. The molecule has 68 valence electrons. The summed E-state index contributed by atoms with van der Waals surface area (Å²) in [6.07, 6.45) is 1.72. The Morgan fingerprint density at radius 2 is 2.31 bits per heavy atom. The quantitative estimate of drug-likeness (QED) is 0.745. The van der Waals surface area contributed by atoms with Crippen LogP contribution in [0.4, 0.5) is 0 Å². The summed E-state index contributed by atoms with van der Waals surface area (Å²) in [5.41, 5.74) is 7.70. The van der Waals surface area contributed by atoms with Gasteiger partial charge in [0.15, 0.2) is 4.83 Å². The van der Waals surface area contributed by atoms with E-state index >= 15 is 0 Å². The van der Waals surface area contributed by atoms with Crippen LogP contribution in [-0.4, -0.2) is 15.2 Å². The molecule has 1 unspecified atom stereocenters. The predicted molar refractivity (Wildman–Crippen MR) is 52.5 cm³/mol. The summed E-state index contributed by atoms with van der Waals surface area (Å²) in [5, 5.41) is 8.78. The zero-order chi connectivity index (χ0) is 9.42. The molecule has 2 rings (SSSR count). The van der Waals surface area contributed by atoms with Crippen molar-refractivity contribution in [2.75, 3.05) is 0 Å². The third-order valence-electron chi connectivity index (χ3n) is 1.79. The molecule has 0 saturated carbocycles. The SMILES string of the molecule is Cc1cnnc2sc(C(C)N)nc12. The van der Waals surface area contributed by atoms with Crippen molar-refractivity contribution < 1.29 is 0 Å². The molecule has 0 aliphatic heterocycles. The van der Waals surface area contributed by atoms with Crippen LogP contribution in [0, 0.1) is 6.92 Å². The number of rotatable bonds is 1. The molecule has 0 radical (unpaired) electrons. The van der Waals surface area contributed by atoms with Gasteiger partial charge in [0, 0.05) is 0 Å². The first-order valence-corrected chi connectivity index (χ1v) is 4.84. The van der Waals surface area contributed by atoms with Gasteiger partial charge in [-0.1, -0.05) is 11.3 Å². The molecule has 0 aliphatic carbocycles. The number of hydrogen-bond acceptors (Lipinski definition) is 5. The van der Waals surface area contributed by atoms with Crippen LogP contribution in [0.5, 0.6) is 0 Å². The fourth-order valence-corrected chi connectivity index (χ4v) is 1.99. The fraction of sp³-hybridized carbons (Fsp3) is 0.375. The first-order valence-electron chi connectivity index (χ1n) is 4.03. The van der Waals surface area contributed by atoms with Gasteiger partial charge in [-0.3, -0.25) is 0 Å². The zero-order valence-electron chi connectivity index (χ0n) is 7.48. The van der Waals surface area contributed by atoms with Gasteiger partial charge in [-0.05, 0) is 19.4 Å². The molecule has 0 fully saturated rings. The number of aryl methyl sites for hydroxylation is 1. The van der Waals surface area contributed by atoms with Crippen molar-refractivity contribution >= 4 is 21.7 Å². The van der Waals surface area contributed by atoms with Crippen LogP contribution in [0.3, 0.4) is 0 Å². The van der Waals surface area contributed by atoms with Gasteiger partial charge < -0.3 is 5.73 Å². The van der Waals surface area contributed by atoms with E-state index in [1.54, 1.807) is 6.20 Å². The maximum Gasteiger partial charge on any atom is 0.166 e. The highest BCUT2D eigenvalue weighted by molar-refractivity contribution is 7.18. The standard InChI is InChI=1S/C8H10N4S/c1-4-3-10-12-8-6(4)11-7(13-8)5(2)9/h3,5H,9H2,1-2H3. The molecule has 2 N–H and O–H groups in total. The Bertz CT molecular complexity index is 435. The van der Waals surface area contributed by atoms with Crippen LogP contribution in [0.15, 0.2) is 6.20 Å². The highest BCUT2D eigenvalue weighted by Gasteiger charge is 2.09. The molecule has 0 amide bonds. The van der Waals surface area contributed by atoms with Gasteiger partial charge >= 0.3 is 0 Å².